The SMILES string of the molecule is C=C(NC1=CC(c2ccccc2C(F)(F)F)NC(C)=C1)c1cc(F)ccc1C.CCCCC. The molecule has 2 N–H and O–H groups in total. The molecule has 2 nitrogen and oxygen atoms in total. The zero-order chi connectivity index (χ0) is 24.6. The van der Waals surface area contributed by atoms with Crippen molar-refractivity contribution in [1.82, 2.24) is 10.6 Å². The van der Waals surface area contributed by atoms with E-state index in [2.05, 4.69) is 31.1 Å². The highest BCUT2D eigenvalue weighted by molar-refractivity contribution is 5.67. The average molecular weight is 461 g/mol. The molecule has 0 amide bonds. The fourth-order valence-corrected chi connectivity index (χ4v) is 3.58. The van der Waals surface area contributed by atoms with E-state index in [1.807, 2.05) is 6.92 Å². The first-order valence-electron chi connectivity index (χ1n) is 11.1. The number of unbranched alkanes of at least 4 members (excludes halogenated alkanes) is 2. The molecule has 1 aliphatic rings. The molecule has 0 aromatic heterocycles. The Balaban J connectivity index is 0.000000696. The van der Waals surface area contributed by atoms with Crippen molar-refractivity contribution in [3.63, 3.8) is 0 Å². The zero-order valence-electron chi connectivity index (χ0n) is 19.6. The minimum Gasteiger partial charge on any atom is -0.378 e. The Labute approximate surface area is 194 Å². The minimum atomic E-state index is -4.45. The summed E-state index contributed by atoms with van der Waals surface area (Å²) in [6, 6.07) is 9.21. The summed E-state index contributed by atoms with van der Waals surface area (Å²) in [5, 5.41) is 6.16. The number of halogens is 4. The number of dihydropyridines is 1. The van der Waals surface area contributed by atoms with Gasteiger partial charge in [0.2, 0.25) is 0 Å². The van der Waals surface area contributed by atoms with Crippen molar-refractivity contribution in [1.29, 1.82) is 0 Å². The molecule has 2 aromatic rings. The summed E-state index contributed by atoms with van der Waals surface area (Å²) in [7, 11) is 0. The number of hydrogen-bond donors (Lipinski definition) is 2. The number of rotatable bonds is 6. The van der Waals surface area contributed by atoms with E-state index < -0.39 is 17.8 Å². The van der Waals surface area contributed by atoms with Crippen LogP contribution >= 0.6 is 0 Å². The number of nitrogens with one attached hydrogen (secondary N) is 2. The Morgan fingerprint density at radius 2 is 1.73 bits per heavy atom. The zero-order valence-corrected chi connectivity index (χ0v) is 19.6. The normalized spacial score (nSPS) is 15.5. The van der Waals surface area contributed by atoms with E-state index in [9.17, 15) is 17.6 Å². The van der Waals surface area contributed by atoms with Crippen LogP contribution in [-0.4, -0.2) is 0 Å². The van der Waals surface area contributed by atoms with Gasteiger partial charge in [0.15, 0.2) is 0 Å². The van der Waals surface area contributed by atoms with E-state index in [0.717, 1.165) is 11.6 Å². The Hall–Kier alpha value is -3.02. The van der Waals surface area contributed by atoms with Crippen LogP contribution in [0.3, 0.4) is 0 Å². The van der Waals surface area contributed by atoms with Gasteiger partial charge in [-0.15, -0.1) is 0 Å². The molecule has 3 rings (SSSR count). The predicted octanol–water partition coefficient (Wildman–Crippen LogP) is 8.04. The van der Waals surface area contributed by atoms with Crippen LogP contribution in [0.4, 0.5) is 17.6 Å². The third kappa shape index (κ3) is 7.52. The van der Waals surface area contributed by atoms with Crippen molar-refractivity contribution >= 4 is 5.70 Å². The van der Waals surface area contributed by atoms with Gasteiger partial charge in [0.1, 0.15) is 5.82 Å². The Bertz CT molecular complexity index is 1020. The highest BCUT2D eigenvalue weighted by Crippen LogP contribution is 2.36. The molecule has 6 heteroatoms. The second-order valence-electron chi connectivity index (χ2n) is 8.07. The largest absolute Gasteiger partial charge is 0.416 e. The van der Waals surface area contributed by atoms with Crippen LogP contribution in [0, 0.1) is 12.7 Å². The molecule has 0 spiro atoms. The molecule has 1 atom stereocenters. The van der Waals surface area contributed by atoms with Gasteiger partial charge < -0.3 is 10.6 Å². The Morgan fingerprint density at radius 3 is 2.33 bits per heavy atom. The molecule has 0 saturated carbocycles. The van der Waals surface area contributed by atoms with Crippen LogP contribution in [0.5, 0.6) is 0 Å². The van der Waals surface area contributed by atoms with Gasteiger partial charge in [-0.2, -0.15) is 13.2 Å². The van der Waals surface area contributed by atoms with E-state index in [4.69, 9.17) is 0 Å². The van der Waals surface area contributed by atoms with Crippen LogP contribution in [-0.2, 0) is 6.18 Å². The maximum absolute atomic E-state index is 13.6. The molecule has 0 radical (unpaired) electrons. The molecular weight excluding hydrogens is 428 g/mol. The molecule has 1 unspecified atom stereocenters. The third-order valence-electron chi connectivity index (χ3n) is 5.23. The first-order chi connectivity index (χ1) is 15.6. The predicted molar refractivity (Wildman–Crippen MR) is 128 cm³/mol. The lowest BCUT2D eigenvalue weighted by Crippen LogP contribution is -2.26. The molecule has 0 fully saturated rings. The number of allylic oxidation sites excluding steroid dienone is 2. The van der Waals surface area contributed by atoms with Crippen molar-refractivity contribution in [3.8, 4) is 0 Å². The minimum absolute atomic E-state index is 0.134. The molecule has 2 aromatic carbocycles. The molecule has 1 aliphatic heterocycles. The standard InChI is InChI=1S/C22H20F4N2.C5H12/c1-13-8-9-16(23)11-19(13)15(3)28-17-10-14(2)27-21(12-17)18-6-4-5-7-20(18)22(24,25)26;1-3-5-4-2/h4-12,21,27-28H,3H2,1-2H3;3-5H2,1-2H3. The fraction of sp³-hybridized carbons (Fsp3) is 0.333. The van der Waals surface area contributed by atoms with Crippen LogP contribution in [0.2, 0.25) is 0 Å². The smallest absolute Gasteiger partial charge is 0.378 e. The van der Waals surface area contributed by atoms with Gasteiger partial charge in [0, 0.05) is 22.7 Å². The lowest BCUT2D eigenvalue weighted by molar-refractivity contribution is -0.138. The number of hydrogen-bond acceptors (Lipinski definition) is 2. The lowest BCUT2D eigenvalue weighted by atomic mass is 9.96. The van der Waals surface area contributed by atoms with Crippen molar-refractivity contribution in [2.75, 3.05) is 0 Å². The number of benzene rings is 2. The van der Waals surface area contributed by atoms with Gasteiger partial charge >= 0.3 is 6.18 Å². The monoisotopic (exact) mass is 460 g/mol. The number of aryl methyl sites for hydroxylation is 1. The fourth-order valence-electron chi connectivity index (χ4n) is 3.58. The van der Waals surface area contributed by atoms with E-state index in [1.165, 1.54) is 43.5 Å². The number of alkyl halides is 3. The van der Waals surface area contributed by atoms with Gasteiger partial charge in [-0.05, 0) is 55.3 Å². The van der Waals surface area contributed by atoms with Gasteiger partial charge in [-0.1, -0.05) is 64.0 Å². The topological polar surface area (TPSA) is 24.1 Å². The van der Waals surface area contributed by atoms with Gasteiger partial charge in [0.05, 0.1) is 11.6 Å². The maximum atomic E-state index is 13.6. The molecular formula is C27H32F4N2. The maximum Gasteiger partial charge on any atom is 0.416 e. The summed E-state index contributed by atoms with van der Waals surface area (Å²) in [5.41, 5.74) is 2.66. The quantitative estimate of drug-likeness (QED) is 0.426. The first-order valence-corrected chi connectivity index (χ1v) is 11.1. The van der Waals surface area contributed by atoms with Crippen LogP contribution in [0.15, 0.2) is 72.6 Å². The van der Waals surface area contributed by atoms with Crippen molar-refractivity contribution in [2.45, 2.75) is 59.2 Å². The van der Waals surface area contributed by atoms with Gasteiger partial charge in [-0.3, -0.25) is 0 Å². The van der Waals surface area contributed by atoms with Crippen molar-refractivity contribution in [3.05, 3.63) is 101 Å². The van der Waals surface area contributed by atoms with Crippen molar-refractivity contribution in [2.24, 2.45) is 0 Å². The van der Waals surface area contributed by atoms with E-state index in [-0.39, 0.29) is 11.4 Å². The lowest BCUT2D eigenvalue weighted by Gasteiger charge is -2.26. The first kappa shape index (κ1) is 26.2. The second kappa shape index (κ2) is 11.7. The average Bonchev–Trinajstić information content (AvgIpc) is 2.75. The van der Waals surface area contributed by atoms with Crippen molar-refractivity contribution < 1.29 is 17.6 Å². The summed E-state index contributed by atoms with van der Waals surface area (Å²) < 4.78 is 53.7. The van der Waals surface area contributed by atoms with Gasteiger partial charge in [-0.25, -0.2) is 4.39 Å². The summed E-state index contributed by atoms with van der Waals surface area (Å²) in [5.74, 6) is -0.383. The highest BCUT2D eigenvalue weighted by Gasteiger charge is 2.35. The van der Waals surface area contributed by atoms with Crippen LogP contribution in [0.25, 0.3) is 5.70 Å². The molecule has 0 saturated heterocycles. The molecule has 1 heterocycles. The van der Waals surface area contributed by atoms with E-state index >= 15 is 0 Å². The second-order valence-corrected chi connectivity index (χ2v) is 8.07. The van der Waals surface area contributed by atoms with E-state index in [0.29, 0.717) is 22.7 Å². The summed E-state index contributed by atoms with van der Waals surface area (Å²) in [6.45, 7) is 12.0. The third-order valence-corrected chi connectivity index (χ3v) is 5.23. The molecule has 178 valence electrons. The molecule has 33 heavy (non-hydrogen) atoms. The Kier molecular flexibility index (Phi) is 9.32. The van der Waals surface area contributed by atoms with Crippen LogP contribution in [0.1, 0.15) is 68.3 Å². The van der Waals surface area contributed by atoms with Gasteiger partial charge in [0.25, 0.3) is 0 Å². The Morgan fingerprint density at radius 1 is 1.06 bits per heavy atom. The van der Waals surface area contributed by atoms with E-state index in [1.54, 1.807) is 31.2 Å². The summed E-state index contributed by atoms with van der Waals surface area (Å²) in [4.78, 5) is 0. The highest BCUT2D eigenvalue weighted by atomic mass is 19.4. The summed E-state index contributed by atoms with van der Waals surface area (Å²) >= 11 is 0. The summed E-state index contributed by atoms with van der Waals surface area (Å²) in [6.07, 6.45) is 3.06. The molecule has 0 aliphatic carbocycles. The van der Waals surface area contributed by atoms with Crippen LogP contribution < -0.4 is 10.6 Å². The molecule has 0 bridgehead atoms.